The lowest BCUT2D eigenvalue weighted by molar-refractivity contribution is -0.299. The van der Waals surface area contributed by atoms with Crippen LogP contribution in [0.5, 0.6) is 0 Å². The number of aliphatic carboxylic acids is 1. The standard InChI is InChI=1S/C5H3F7O2/c6-3(7,2(13)14)1-4(8,9)5(10,11)12/h1H2,(H,13,14). The van der Waals surface area contributed by atoms with Gasteiger partial charge < -0.3 is 5.11 Å². The van der Waals surface area contributed by atoms with Crippen molar-refractivity contribution in [3.05, 3.63) is 0 Å². The fraction of sp³-hybridized carbons (Fsp3) is 0.800. The summed E-state index contributed by atoms with van der Waals surface area (Å²) in [6.45, 7) is 0. The molecular formula is C5H3F7O2. The van der Waals surface area contributed by atoms with Gasteiger partial charge in [-0.2, -0.15) is 30.7 Å². The predicted octanol–water partition coefficient (Wildman–Crippen LogP) is 2.29. The maximum absolute atomic E-state index is 12.0. The molecule has 0 spiro atoms. The third-order valence-electron chi connectivity index (χ3n) is 1.17. The third kappa shape index (κ3) is 2.74. The van der Waals surface area contributed by atoms with Crippen LogP contribution in [0, 0.1) is 0 Å². The number of carboxylic acid groups (broad SMARTS) is 1. The summed E-state index contributed by atoms with van der Waals surface area (Å²) in [6, 6.07) is 0. The number of alkyl halides is 7. The number of hydrogen-bond acceptors (Lipinski definition) is 1. The molecule has 0 bridgehead atoms. The zero-order valence-corrected chi connectivity index (χ0v) is 6.21. The summed E-state index contributed by atoms with van der Waals surface area (Å²) < 4.78 is 81.9. The third-order valence-corrected chi connectivity index (χ3v) is 1.17. The van der Waals surface area contributed by atoms with E-state index in [0.717, 1.165) is 0 Å². The number of rotatable bonds is 3. The summed E-state index contributed by atoms with van der Waals surface area (Å²) in [5.41, 5.74) is 0. The molecule has 9 heteroatoms. The van der Waals surface area contributed by atoms with E-state index in [2.05, 4.69) is 0 Å². The Morgan fingerprint density at radius 1 is 1.00 bits per heavy atom. The van der Waals surface area contributed by atoms with E-state index >= 15 is 0 Å². The number of halogens is 7. The van der Waals surface area contributed by atoms with Crippen molar-refractivity contribution in [3.63, 3.8) is 0 Å². The molecule has 0 unspecified atom stereocenters. The van der Waals surface area contributed by atoms with Gasteiger partial charge in [-0.25, -0.2) is 4.79 Å². The fourth-order valence-electron chi connectivity index (χ4n) is 0.455. The molecule has 0 aromatic heterocycles. The molecule has 0 aliphatic carbocycles. The van der Waals surface area contributed by atoms with Crippen LogP contribution < -0.4 is 0 Å². The molecule has 1 N–H and O–H groups in total. The summed E-state index contributed by atoms with van der Waals surface area (Å²) in [5.74, 6) is -13.9. The van der Waals surface area contributed by atoms with Crippen LogP contribution in [0.4, 0.5) is 30.7 Å². The van der Waals surface area contributed by atoms with Crippen LogP contribution in [0.25, 0.3) is 0 Å². The summed E-state index contributed by atoms with van der Waals surface area (Å²) in [7, 11) is 0. The largest absolute Gasteiger partial charge is 0.477 e. The quantitative estimate of drug-likeness (QED) is 0.752. The van der Waals surface area contributed by atoms with Crippen LogP contribution in [0.15, 0.2) is 0 Å². The van der Waals surface area contributed by atoms with Crippen LogP contribution in [-0.2, 0) is 4.79 Å². The minimum atomic E-state index is -6.19. The average Bonchev–Trinajstić information content (AvgIpc) is 1.80. The van der Waals surface area contributed by atoms with Gasteiger partial charge in [-0.05, 0) is 0 Å². The second kappa shape index (κ2) is 3.28. The summed E-state index contributed by atoms with van der Waals surface area (Å²) in [5, 5.41) is 7.62. The van der Waals surface area contributed by atoms with E-state index in [1.807, 2.05) is 0 Å². The van der Waals surface area contributed by atoms with Gasteiger partial charge in [-0.15, -0.1) is 0 Å². The molecule has 0 aromatic rings. The molecule has 0 aromatic carbocycles. The van der Waals surface area contributed by atoms with Crippen molar-refractivity contribution in [1.82, 2.24) is 0 Å². The minimum absolute atomic E-state index is 3.03. The number of carbonyl (C=O) groups is 1. The molecular weight excluding hydrogens is 225 g/mol. The molecule has 0 fully saturated rings. The predicted molar refractivity (Wildman–Crippen MR) is 28.2 cm³/mol. The highest BCUT2D eigenvalue weighted by Gasteiger charge is 2.63. The van der Waals surface area contributed by atoms with Crippen LogP contribution in [0.2, 0.25) is 0 Å². The van der Waals surface area contributed by atoms with Crippen molar-refractivity contribution in [2.75, 3.05) is 0 Å². The van der Waals surface area contributed by atoms with E-state index in [4.69, 9.17) is 5.11 Å². The van der Waals surface area contributed by atoms with Gasteiger partial charge in [0.05, 0.1) is 6.42 Å². The van der Waals surface area contributed by atoms with Crippen LogP contribution in [-0.4, -0.2) is 29.1 Å². The second-order valence-electron chi connectivity index (χ2n) is 2.39. The SMILES string of the molecule is O=C(O)C(F)(F)CC(F)(F)C(F)(F)F. The van der Waals surface area contributed by atoms with E-state index in [0.29, 0.717) is 0 Å². The van der Waals surface area contributed by atoms with E-state index in [1.54, 1.807) is 0 Å². The first kappa shape index (κ1) is 13.0. The van der Waals surface area contributed by atoms with E-state index in [9.17, 15) is 35.5 Å². The first-order valence-electron chi connectivity index (χ1n) is 2.96. The molecule has 84 valence electrons. The molecule has 0 saturated carbocycles. The van der Waals surface area contributed by atoms with Crippen molar-refractivity contribution >= 4 is 5.97 Å². The maximum atomic E-state index is 12.0. The van der Waals surface area contributed by atoms with Gasteiger partial charge in [-0.3, -0.25) is 0 Å². The van der Waals surface area contributed by atoms with E-state index in [-0.39, 0.29) is 0 Å². The van der Waals surface area contributed by atoms with Gasteiger partial charge in [-0.1, -0.05) is 0 Å². The minimum Gasteiger partial charge on any atom is -0.477 e. The van der Waals surface area contributed by atoms with Crippen LogP contribution >= 0.6 is 0 Å². The normalized spacial score (nSPS) is 14.2. The monoisotopic (exact) mass is 228 g/mol. The molecule has 0 heterocycles. The van der Waals surface area contributed by atoms with Crippen molar-refractivity contribution in [2.24, 2.45) is 0 Å². The Morgan fingerprint density at radius 3 is 1.57 bits per heavy atom. The van der Waals surface area contributed by atoms with Crippen molar-refractivity contribution in [3.8, 4) is 0 Å². The molecule has 0 radical (unpaired) electrons. The van der Waals surface area contributed by atoms with Crippen molar-refractivity contribution in [2.45, 2.75) is 24.4 Å². The summed E-state index contributed by atoms with van der Waals surface area (Å²) in [6.07, 6.45) is -9.29. The van der Waals surface area contributed by atoms with Gasteiger partial charge in [0.15, 0.2) is 0 Å². The topological polar surface area (TPSA) is 37.3 Å². The van der Waals surface area contributed by atoms with Gasteiger partial charge in [0.2, 0.25) is 0 Å². The Bertz CT molecular complexity index is 231. The lowest BCUT2D eigenvalue weighted by atomic mass is 10.1. The molecule has 0 aliphatic rings. The molecule has 0 rings (SSSR count). The Morgan fingerprint density at radius 2 is 1.36 bits per heavy atom. The molecule has 0 aliphatic heterocycles. The van der Waals surface area contributed by atoms with Crippen molar-refractivity contribution in [1.29, 1.82) is 0 Å². The number of hydrogen-bond donors (Lipinski definition) is 1. The highest BCUT2D eigenvalue weighted by Crippen LogP contribution is 2.42. The Kier molecular flexibility index (Phi) is 3.04. The van der Waals surface area contributed by atoms with Crippen molar-refractivity contribution < 1.29 is 40.6 Å². The molecule has 0 atom stereocenters. The van der Waals surface area contributed by atoms with E-state index in [1.165, 1.54) is 0 Å². The smallest absolute Gasteiger partial charge is 0.453 e. The first-order valence-corrected chi connectivity index (χ1v) is 2.96. The van der Waals surface area contributed by atoms with Gasteiger partial charge in [0, 0.05) is 0 Å². The van der Waals surface area contributed by atoms with Gasteiger partial charge in [0.25, 0.3) is 0 Å². The second-order valence-corrected chi connectivity index (χ2v) is 2.39. The summed E-state index contributed by atoms with van der Waals surface area (Å²) in [4.78, 5) is 9.58. The summed E-state index contributed by atoms with van der Waals surface area (Å²) >= 11 is 0. The molecule has 14 heavy (non-hydrogen) atoms. The fourth-order valence-corrected chi connectivity index (χ4v) is 0.455. The Labute approximate surface area is 72.3 Å². The van der Waals surface area contributed by atoms with Gasteiger partial charge >= 0.3 is 24.0 Å². The number of carboxylic acids is 1. The average molecular weight is 228 g/mol. The molecule has 0 saturated heterocycles. The zero-order chi connectivity index (χ0) is 11.8. The Balaban J connectivity index is 4.76. The zero-order valence-electron chi connectivity index (χ0n) is 6.21. The van der Waals surface area contributed by atoms with Gasteiger partial charge in [0.1, 0.15) is 0 Å². The van der Waals surface area contributed by atoms with Crippen LogP contribution in [0.1, 0.15) is 6.42 Å². The highest BCUT2D eigenvalue weighted by molar-refractivity contribution is 5.75. The van der Waals surface area contributed by atoms with E-state index < -0.39 is 30.4 Å². The lowest BCUT2D eigenvalue weighted by Crippen LogP contribution is -2.44. The maximum Gasteiger partial charge on any atom is 0.453 e. The van der Waals surface area contributed by atoms with Crippen LogP contribution in [0.3, 0.4) is 0 Å². The lowest BCUT2D eigenvalue weighted by Gasteiger charge is -2.22. The molecule has 2 nitrogen and oxygen atoms in total. The highest BCUT2D eigenvalue weighted by atomic mass is 19.4. The Hall–Kier alpha value is -1.02. The molecule has 0 amide bonds. The first-order chi connectivity index (χ1) is 5.90.